The third kappa shape index (κ3) is 5.79. The average Bonchev–Trinajstić information content (AvgIpc) is 2.61. The fraction of sp³-hybridized carbons (Fsp3) is 0.118. The first-order chi connectivity index (χ1) is 12.8. The normalized spacial score (nSPS) is 10.0. The number of rotatable bonds is 6. The molecule has 0 heterocycles. The number of benzene rings is 2. The Morgan fingerprint density at radius 1 is 1.07 bits per heavy atom. The molecule has 0 aromatic heterocycles. The van der Waals surface area contributed by atoms with E-state index in [0.29, 0.717) is 5.69 Å². The van der Waals surface area contributed by atoms with Crippen molar-refractivity contribution >= 4 is 46.4 Å². The second-order valence-corrected chi connectivity index (χ2v) is 5.71. The maximum Gasteiger partial charge on any atom is 0.338 e. The van der Waals surface area contributed by atoms with Crippen LogP contribution in [0, 0.1) is 10.1 Å². The van der Waals surface area contributed by atoms with Gasteiger partial charge in [-0.15, -0.1) is 0 Å². The molecule has 0 spiro atoms. The minimum absolute atomic E-state index is 0.0628. The topological polar surface area (TPSA) is 128 Å². The van der Waals surface area contributed by atoms with E-state index in [9.17, 15) is 24.5 Å². The van der Waals surface area contributed by atoms with Crippen molar-refractivity contribution in [2.75, 3.05) is 17.2 Å². The second-order valence-electron chi connectivity index (χ2n) is 5.31. The standard InChI is InChI=1S/C17H14ClN3O6/c1-10(22)19-12-4-2-11(3-5-12)17(24)27-9-16(23)20-13-6-7-14(18)15(8-13)21(25)26/h2-8H,9H2,1H3,(H,19,22)(H,20,23). The van der Waals surface area contributed by atoms with Crippen molar-refractivity contribution in [3.05, 3.63) is 63.2 Å². The summed E-state index contributed by atoms with van der Waals surface area (Å²) in [6.45, 7) is 0.777. The summed E-state index contributed by atoms with van der Waals surface area (Å²) in [5, 5.41) is 15.7. The molecule has 10 heteroatoms. The molecule has 0 radical (unpaired) electrons. The summed E-state index contributed by atoms with van der Waals surface area (Å²) in [6.07, 6.45) is 0. The van der Waals surface area contributed by atoms with Crippen LogP contribution in [0.1, 0.15) is 17.3 Å². The van der Waals surface area contributed by atoms with E-state index in [-0.39, 0.29) is 27.9 Å². The summed E-state index contributed by atoms with van der Waals surface area (Å²) in [6, 6.07) is 9.68. The summed E-state index contributed by atoms with van der Waals surface area (Å²) >= 11 is 5.69. The van der Waals surface area contributed by atoms with Gasteiger partial charge in [-0.1, -0.05) is 11.6 Å². The van der Waals surface area contributed by atoms with E-state index in [0.717, 1.165) is 6.07 Å². The van der Waals surface area contributed by atoms with Gasteiger partial charge in [-0.05, 0) is 36.4 Å². The number of hydrogen-bond donors (Lipinski definition) is 2. The molecule has 27 heavy (non-hydrogen) atoms. The minimum Gasteiger partial charge on any atom is -0.452 e. The van der Waals surface area contributed by atoms with Crippen LogP contribution in [0.4, 0.5) is 17.1 Å². The zero-order valence-corrected chi connectivity index (χ0v) is 14.8. The molecule has 0 unspecified atom stereocenters. The van der Waals surface area contributed by atoms with Crippen LogP contribution in [0.25, 0.3) is 0 Å². The lowest BCUT2D eigenvalue weighted by atomic mass is 10.2. The lowest BCUT2D eigenvalue weighted by Crippen LogP contribution is -2.21. The molecule has 0 bridgehead atoms. The molecule has 2 N–H and O–H groups in total. The van der Waals surface area contributed by atoms with Gasteiger partial charge in [0.05, 0.1) is 10.5 Å². The number of nitrogens with zero attached hydrogens (tertiary/aromatic N) is 1. The highest BCUT2D eigenvalue weighted by Crippen LogP contribution is 2.27. The van der Waals surface area contributed by atoms with E-state index in [1.54, 1.807) is 0 Å². The molecule has 0 aliphatic carbocycles. The van der Waals surface area contributed by atoms with Crippen LogP contribution in [0.3, 0.4) is 0 Å². The Balaban J connectivity index is 1.91. The fourth-order valence-electron chi connectivity index (χ4n) is 2.03. The third-order valence-corrected chi connectivity index (χ3v) is 3.52. The van der Waals surface area contributed by atoms with Crippen molar-refractivity contribution in [3.8, 4) is 0 Å². The molecule has 2 rings (SSSR count). The van der Waals surface area contributed by atoms with Gasteiger partial charge in [0.2, 0.25) is 5.91 Å². The highest BCUT2D eigenvalue weighted by atomic mass is 35.5. The number of esters is 1. The highest BCUT2D eigenvalue weighted by molar-refractivity contribution is 6.32. The van der Waals surface area contributed by atoms with Gasteiger partial charge < -0.3 is 15.4 Å². The number of halogens is 1. The predicted molar refractivity (Wildman–Crippen MR) is 97.8 cm³/mol. The van der Waals surface area contributed by atoms with Gasteiger partial charge in [0.1, 0.15) is 5.02 Å². The van der Waals surface area contributed by atoms with Crippen LogP contribution < -0.4 is 10.6 Å². The molecular formula is C17H14ClN3O6. The number of carbonyl (C=O) groups is 3. The van der Waals surface area contributed by atoms with Crippen molar-refractivity contribution < 1.29 is 24.0 Å². The zero-order chi connectivity index (χ0) is 20.0. The molecule has 2 amide bonds. The molecule has 0 saturated heterocycles. The van der Waals surface area contributed by atoms with Gasteiger partial charge in [-0.3, -0.25) is 19.7 Å². The van der Waals surface area contributed by atoms with Crippen LogP contribution in [-0.4, -0.2) is 29.3 Å². The summed E-state index contributed by atoms with van der Waals surface area (Å²) < 4.78 is 4.89. The largest absolute Gasteiger partial charge is 0.452 e. The smallest absolute Gasteiger partial charge is 0.338 e. The number of amides is 2. The van der Waals surface area contributed by atoms with Crippen molar-refractivity contribution in [2.45, 2.75) is 6.92 Å². The summed E-state index contributed by atoms with van der Waals surface area (Å²) in [4.78, 5) is 44.9. The number of hydrogen-bond acceptors (Lipinski definition) is 6. The molecule has 0 aliphatic heterocycles. The van der Waals surface area contributed by atoms with E-state index in [1.807, 2.05) is 0 Å². The molecule has 0 saturated carbocycles. The quantitative estimate of drug-likeness (QED) is 0.442. The minimum atomic E-state index is -0.735. The molecular weight excluding hydrogens is 378 g/mol. The lowest BCUT2D eigenvalue weighted by molar-refractivity contribution is -0.384. The van der Waals surface area contributed by atoms with E-state index >= 15 is 0 Å². The molecule has 2 aromatic rings. The van der Waals surface area contributed by atoms with Crippen LogP contribution in [0.2, 0.25) is 5.02 Å². The number of nitrogens with one attached hydrogen (secondary N) is 2. The van der Waals surface area contributed by atoms with E-state index in [4.69, 9.17) is 16.3 Å². The van der Waals surface area contributed by atoms with Gasteiger partial charge in [0, 0.05) is 24.4 Å². The van der Waals surface area contributed by atoms with Gasteiger partial charge in [0.25, 0.3) is 11.6 Å². The van der Waals surface area contributed by atoms with E-state index in [2.05, 4.69) is 10.6 Å². The average molecular weight is 392 g/mol. The Morgan fingerprint density at radius 3 is 2.30 bits per heavy atom. The number of ether oxygens (including phenoxy) is 1. The van der Waals surface area contributed by atoms with Gasteiger partial charge in [-0.25, -0.2) is 4.79 Å². The Labute approximate surface area is 158 Å². The van der Waals surface area contributed by atoms with Crippen molar-refractivity contribution in [3.63, 3.8) is 0 Å². The fourth-order valence-corrected chi connectivity index (χ4v) is 2.22. The summed E-state index contributed by atoms with van der Waals surface area (Å²) in [5.74, 6) is -1.65. The Hall–Kier alpha value is -3.46. The van der Waals surface area contributed by atoms with Gasteiger partial charge >= 0.3 is 5.97 Å². The van der Waals surface area contributed by atoms with Crippen LogP contribution in [0.5, 0.6) is 0 Å². The van der Waals surface area contributed by atoms with Gasteiger partial charge in [-0.2, -0.15) is 0 Å². The molecule has 9 nitrogen and oxygen atoms in total. The molecule has 0 atom stereocenters. The van der Waals surface area contributed by atoms with Gasteiger partial charge in [0.15, 0.2) is 6.61 Å². The Kier molecular flexibility index (Phi) is 6.45. The number of anilines is 2. The number of carbonyl (C=O) groups excluding carboxylic acids is 3. The third-order valence-electron chi connectivity index (χ3n) is 3.20. The SMILES string of the molecule is CC(=O)Nc1ccc(C(=O)OCC(=O)Nc2ccc(Cl)c([N+](=O)[O-])c2)cc1. The first-order valence-corrected chi connectivity index (χ1v) is 7.92. The lowest BCUT2D eigenvalue weighted by Gasteiger charge is -2.08. The highest BCUT2D eigenvalue weighted by Gasteiger charge is 2.15. The van der Waals surface area contributed by atoms with Crippen molar-refractivity contribution in [1.29, 1.82) is 0 Å². The number of nitro groups is 1. The van der Waals surface area contributed by atoms with Crippen molar-refractivity contribution in [2.24, 2.45) is 0 Å². The first-order valence-electron chi connectivity index (χ1n) is 7.55. The van der Waals surface area contributed by atoms with E-state index in [1.165, 1.54) is 43.3 Å². The van der Waals surface area contributed by atoms with E-state index < -0.39 is 23.4 Å². The number of nitro benzene ring substituents is 1. The van der Waals surface area contributed by atoms with Crippen LogP contribution in [-0.2, 0) is 14.3 Å². The zero-order valence-electron chi connectivity index (χ0n) is 14.0. The van der Waals surface area contributed by atoms with Crippen molar-refractivity contribution in [1.82, 2.24) is 0 Å². The van der Waals surface area contributed by atoms with Crippen LogP contribution in [0.15, 0.2) is 42.5 Å². The van der Waals surface area contributed by atoms with Crippen LogP contribution >= 0.6 is 11.6 Å². The summed E-state index contributed by atoms with van der Waals surface area (Å²) in [7, 11) is 0. The molecule has 2 aromatic carbocycles. The second kappa shape index (κ2) is 8.77. The first kappa shape index (κ1) is 19.9. The molecule has 140 valence electrons. The Bertz CT molecular complexity index is 898. The monoisotopic (exact) mass is 391 g/mol. The Morgan fingerprint density at radius 2 is 1.70 bits per heavy atom. The molecule has 0 aliphatic rings. The molecule has 0 fully saturated rings. The summed E-state index contributed by atoms with van der Waals surface area (Å²) in [5.41, 5.74) is 0.498. The maximum absolute atomic E-state index is 11.9. The predicted octanol–water partition coefficient (Wildman–Crippen LogP) is 3.00. The maximum atomic E-state index is 11.9.